The summed E-state index contributed by atoms with van der Waals surface area (Å²) in [6, 6.07) is 1.91. The molecule has 0 aliphatic carbocycles. The Morgan fingerprint density at radius 1 is 1.41 bits per heavy atom. The van der Waals surface area contributed by atoms with Crippen LogP contribution in [-0.4, -0.2) is 40.8 Å². The van der Waals surface area contributed by atoms with Crippen molar-refractivity contribution in [2.75, 3.05) is 30.4 Å². The third-order valence-corrected chi connectivity index (χ3v) is 2.19. The smallest absolute Gasteiger partial charge is 0.224 e. The number of rotatable bonds is 5. The fourth-order valence-electron chi connectivity index (χ4n) is 1.65. The van der Waals surface area contributed by atoms with Crippen molar-refractivity contribution in [2.24, 2.45) is 0 Å². The number of nitrogens with one attached hydrogen (secondary N) is 1. The largest absolute Gasteiger partial charge is 0.389 e. The lowest BCUT2D eigenvalue weighted by Crippen LogP contribution is -2.36. The predicted molar refractivity (Wildman–Crippen MR) is 70.5 cm³/mol. The van der Waals surface area contributed by atoms with Gasteiger partial charge in [0.15, 0.2) is 0 Å². The van der Waals surface area contributed by atoms with E-state index in [-0.39, 0.29) is 0 Å². The second-order valence-electron chi connectivity index (χ2n) is 4.89. The molecule has 0 fully saturated rings. The van der Waals surface area contributed by atoms with Gasteiger partial charge in [-0.2, -0.15) is 4.98 Å². The van der Waals surface area contributed by atoms with Crippen molar-refractivity contribution < 1.29 is 5.11 Å². The molecule has 0 saturated carbocycles. The van der Waals surface area contributed by atoms with Crippen LogP contribution in [0.5, 0.6) is 0 Å². The molecular formula is C12H22N4O. The summed E-state index contributed by atoms with van der Waals surface area (Å²) in [5.74, 6) is 1.45. The van der Waals surface area contributed by atoms with E-state index in [9.17, 15) is 5.11 Å². The van der Waals surface area contributed by atoms with Gasteiger partial charge in [-0.25, -0.2) is 4.98 Å². The van der Waals surface area contributed by atoms with Gasteiger partial charge >= 0.3 is 0 Å². The second kappa shape index (κ2) is 5.31. The third-order valence-electron chi connectivity index (χ3n) is 2.19. The first-order valence-corrected chi connectivity index (χ1v) is 5.85. The monoisotopic (exact) mass is 238 g/mol. The van der Waals surface area contributed by atoms with E-state index in [0.29, 0.717) is 12.5 Å². The van der Waals surface area contributed by atoms with E-state index < -0.39 is 5.60 Å². The molecule has 0 bridgehead atoms. The van der Waals surface area contributed by atoms with Gasteiger partial charge in [0.2, 0.25) is 5.95 Å². The normalized spacial score (nSPS) is 11.4. The molecule has 1 aromatic heterocycles. The average molecular weight is 238 g/mol. The summed E-state index contributed by atoms with van der Waals surface area (Å²) in [6.07, 6.45) is 0. The number of likely N-dealkylation sites (N-methyl/N-ethyl adjacent to an activating group) is 1. The summed E-state index contributed by atoms with van der Waals surface area (Å²) in [5, 5.41) is 12.9. The van der Waals surface area contributed by atoms with Crippen LogP contribution in [0.3, 0.4) is 0 Å². The zero-order valence-electron chi connectivity index (χ0n) is 11.3. The molecule has 5 nitrogen and oxygen atoms in total. The zero-order valence-corrected chi connectivity index (χ0v) is 11.3. The molecule has 1 rings (SSSR count). The lowest BCUT2D eigenvalue weighted by Gasteiger charge is -2.26. The van der Waals surface area contributed by atoms with Gasteiger partial charge in [0.25, 0.3) is 0 Å². The van der Waals surface area contributed by atoms with Gasteiger partial charge < -0.3 is 15.3 Å². The standard InChI is InChI=1S/C12H22N4O/c1-6-13-11-14-9(2)7-10(15-11)16(5)8-12(3,4)17/h7,17H,6,8H2,1-5H3,(H,13,14,15). The Morgan fingerprint density at radius 3 is 2.59 bits per heavy atom. The van der Waals surface area contributed by atoms with Crippen LogP contribution in [0.2, 0.25) is 0 Å². The lowest BCUT2D eigenvalue weighted by molar-refractivity contribution is 0.0884. The molecule has 0 spiro atoms. The van der Waals surface area contributed by atoms with Crippen LogP contribution in [0.15, 0.2) is 6.07 Å². The van der Waals surface area contributed by atoms with Gasteiger partial charge in [-0.1, -0.05) is 0 Å². The van der Waals surface area contributed by atoms with Crippen molar-refractivity contribution in [3.05, 3.63) is 11.8 Å². The Hall–Kier alpha value is -1.36. The van der Waals surface area contributed by atoms with E-state index in [1.807, 2.05) is 31.9 Å². The average Bonchev–Trinajstić information content (AvgIpc) is 2.14. The maximum Gasteiger partial charge on any atom is 0.224 e. The fourth-order valence-corrected chi connectivity index (χ4v) is 1.65. The minimum absolute atomic E-state index is 0.523. The molecule has 0 radical (unpaired) electrons. The van der Waals surface area contributed by atoms with Gasteiger partial charge in [0.1, 0.15) is 5.82 Å². The van der Waals surface area contributed by atoms with Crippen LogP contribution in [-0.2, 0) is 0 Å². The minimum atomic E-state index is -0.744. The van der Waals surface area contributed by atoms with E-state index in [0.717, 1.165) is 18.1 Å². The van der Waals surface area contributed by atoms with E-state index in [2.05, 4.69) is 15.3 Å². The Bertz CT molecular complexity index is 373. The third kappa shape index (κ3) is 4.56. The minimum Gasteiger partial charge on any atom is -0.389 e. The number of aryl methyl sites for hydroxylation is 1. The summed E-state index contributed by atoms with van der Waals surface area (Å²) in [6.45, 7) is 8.81. The Kier molecular flexibility index (Phi) is 4.28. The summed E-state index contributed by atoms with van der Waals surface area (Å²) >= 11 is 0. The maximum atomic E-state index is 9.79. The van der Waals surface area contributed by atoms with Crippen LogP contribution in [0.4, 0.5) is 11.8 Å². The SMILES string of the molecule is CCNc1nc(C)cc(N(C)CC(C)(C)O)n1. The molecule has 17 heavy (non-hydrogen) atoms. The lowest BCUT2D eigenvalue weighted by atomic mass is 10.1. The Labute approximate surface area is 103 Å². The van der Waals surface area contributed by atoms with Crippen molar-refractivity contribution in [1.82, 2.24) is 9.97 Å². The first kappa shape index (κ1) is 13.7. The number of aliphatic hydroxyl groups is 1. The van der Waals surface area contributed by atoms with Crippen LogP contribution in [0.25, 0.3) is 0 Å². The molecule has 1 aromatic rings. The number of nitrogens with zero attached hydrogens (tertiary/aromatic N) is 3. The molecule has 0 amide bonds. The van der Waals surface area contributed by atoms with Gasteiger partial charge in [-0.15, -0.1) is 0 Å². The Balaban J connectivity index is 2.89. The molecule has 0 aliphatic rings. The van der Waals surface area contributed by atoms with Crippen LogP contribution < -0.4 is 10.2 Å². The molecule has 2 N–H and O–H groups in total. The highest BCUT2D eigenvalue weighted by molar-refractivity contribution is 5.44. The van der Waals surface area contributed by atoms with Gasteiger partial charge in [0, 0.05) is 31.9 Å². The highest BCUT2D eigenvalue weighted by Crippen LogP contribution is 2.15. The number of anilines is 2. The topological polar surface area (TPSA) is 61.3 Å². The van der Waals surface area contributed by atoms with Crippen molar-refractivity contribution in [3.63, 3.8) is 0 Å². The van der Waals surface area contributed by atoms with E-state index in [4.69, 9.17) is 0 Å². The first-order valence-electron chi connectivity index (χ1n) is 5.85. The molecule has 0 aromatic carbocycles. The molecule has 0 atom stereocenters. The quantitative estimate of drug-likeness (QED) is 0.812. The van der Waals surface area contributed by atoms with Gasteiger partial charge in [0.05, 0.1) is 5.60 Å². The van der Waals surface area contributed by atoms with Gasteiger partial charge in [-0.3, -0.25) is 0 Å². The summed E-state index contributed by atoms with van der Waals surface area (Å²) in [5.41, 5.74) is 0.167. The van der Waals surface area contributed by atoms with Crippen LogP contribution in [0, 0.1) is 6.92 Å². The molecule has 5 heteroatoms. The van der Waals surface area contributed by atoms with E-state index in [1.165, 1.54) is 0 Å². The predicted octanol–water partition coefficient (Wildman–Crippen LogP) is 1.42. The second-order valence-corrected chi connectivity index (χ2v) is 4.89. The van der Waals surface area contributed by atoms with Crippen molar-refractivity contribution >= 4 is 11.8 Å². The summed E-state index contributed by atoms with van der Waals surface area (Å²) in [4.78, 5) is 10.6. The molecule has 96 valence electrons. The van der Waals surface area contributed by atoms with Crippen LogP contribution in [0.1, 0.15) is 26.5 Å². The van der Waals surface area contributed by atoms with E-state index >= 15 is 0 Å². The molecular weight excluding hydrogens is 216 g/mol. The van der Waals surface area contributed by atoms with Crippen molar-refractivity contribution in [3.8, 4) is 0 Å². The van der Waals surface area contributed by atoms with Crippen LogP contribution >= 0.6 is 0 Å². The van der Waals surface area contributed by atoms with E-state index in [1.54, 1.807) is 13.8 Å². The number of hydrogen-bond donors (Lipinski definition) is 2. The first-order chi connectivity index (χ1) is 7.81. The molecule has 1 heterocycles. The molecule has 0 aliphatic heterocycles. The van der Waals surface area contributed by atoms with Crippen molar-refractivity contribution in [2.45, 2.75) is 33.3 Å². The summed E-state index contributed by atoms with van der Waals surface area (Å²) < 4.78 is 0. The Morgan fingerprint density at radius 2 is 2.06 bits per heavy atom. The fraction of sp³-hybridized carbons (Fsp3) is 0.667. The van der Waals surface area contributed by atoms with Gasteiger partial charge in [-0.05, 0) is 27.7 Å². The zero-order chi connectivity index (χ0) is 13.1. The molecule has 0 saturated heterocycles. The number of hydrogen-bond acceptors (Lipinski definition) is 5. The maximum absolute atomic E-state index is 9.79. The summed E-state index contributed by atoms with van der Waals surface area (Å²) in [7, 11) is 1.91. The van der Waals surface area contributed by atoms with Crippen molar-refractivity contribution in [1.29, 1.82) is 0 Å². The number of aromatic nitrogens is 2. The molecule has 0 unspecified atom stereocenters. The highest BCUT2D eigenvalue weighted by atomic mass is 16.3. The highest BCUT2D eigenvalue weighted by Gasteiger charge is 2.17.